The van der Waals surface area contributed by atoms with Crippen LogP contribution in [0, 0.1) is 0 Å². The first-order valence-corrected chi connectivity index (χ1v) is 5.67. The second-order valence-corrected chi connectivity index (χ2v) is 3.70. The minimum atomic E-state index is -0.833. The molecule has 0 atom stereocenters. The Hall–Kier alpha value is -2.62. The van der Waals surface area contributed by atoms with E-state index in [4.69, 9.17) is 15.1 Å². The number of carboxylic acid groups (broad SMARTS) is 1. The summed E-state index contributed by atoms with van der Waals surface area (Å²) in [6.45, 7) is 1.08. The van der Waals surface area contributed by atoms with Gasteiger partial charge in [0.1, 0.15) is 5.71 Å². The smallest absolute Gasteiger partial charge is 0.300 e. The molecule has 2 aromatic carbocycles. The van der Waals surface area contributed by atoms with Gasteiger partial charge in [-0.1, -0.05) is 65.8 Å². The van der Waals surface area contributed by atoms with Gasteiger partial charge >= 0.3 is 0 Å². The zero-order valence-corrected chi connectivity index (χ0v) is 10.5. The van der Waals surface area contributed by atoms with Gasteiger partial charge in [0.2, 0.25) is 0 Å². The third kappa shape index (κ3) is 5.04. The Balaban J connectivity index is 0.000000399. The van der Waals surface area contributed by atoms with Crippen molar-refractivity contribution < 1.29 is 15.1 Å². The molecular formula is C15H15NO3. The summed E-state index contributed by atoms with van der Waals surface area (Å²) in [7, 11) is 0. The molecule has 0 unspecified atom stereocenters. The van der Waals surface area contributed by atoms with E-state index in [1.807, 2.05) is 60.7 Å². The Morgan fingerprint density at radius 2 is 1.21 bits per heavy atom. The van der Waals surface area contributed by atoms with Crippen molar-refractivity contribution in [1.82, 2.24) is 0 Å². The Morgan fingerprint density at radius 3 is 1.47 bits per heavy atom. The monoisotopic (exact) mass is 257 g/mol. The lowest BCUT2D eigenvalue weighted by atomic mass is 10.0. The van der Waals surface area contributed by atoms with E-state index in [0.717, 1.165) is 18.1 Å². The Labute approximate surface area is 111 Å². The fourth-order valence-corrected chi connectivity index (χ4v) is 1.47. The molecule has 0 aliphatic rings. The average Bonchev–Trinajstić information content (AvgIpc) is 2.41. The van der Waals surface area contributed by atoms with Gasteiger partial charge in [-0.2, -0.15) is 0 Å². The summed E-state index contributed by atoms with van der Waals surface area (Å²) < 4.78 is 0. The van der Waals surface area contributed by atoms with E-state index in [-0.39, 0.29) is 0 Å². The number of benzene rings is 2. The zero-order valence-electron chi connectivity index (χ0n) is 10.5. The van der Waals surface area contributed by atoms with Gasteiger partial charge in [-0.05, 0) is 0 Å². The van der Waals surface area contributed by atoms with Crippen molar-refractivity contribution in [2.24, 2.45) is 5.16 Å². The molecule has 98 valence electrons. The molecule has 0 bridgehead atoms. The quantitative estimate of drug-likeness (QED) is 0.493. The summed E-state index contributed by atoms with van der Waals surface area (Å²) in [4.78, 5) is 9.00. The predicted molar refractivity (Wildman–Crippen MR) is 73.6 cm³/mol. The van der Waals surface area contributed by atoms with Crippen LogP contribution in [-0.4, -0.2) is 22.0 Å². The molecule has 0 spiro atoms. The molecule has 4 heteroatoms. The largest absolute Gasteiger partial charge is 0.481 e. The first-order valence-electron chi connectivity index (χ1n) is 5.67. The van der Waals surface area contributed by atoms with E-state index < -0.39 is 5.97 Å². The topological polar surface area (TPSA) is 69.9 Å². The molecule has 19 heavy (non-hydrogen) atoms. The minimum absolute atomic E-state index is 0.594. The molecule has 2 aromatic rings. The molecule has 0 saturated carbocycles. The number of carbonyl (C=O) groups is 1. The van der Waals surface area contributed by atoms with Crippen LogP contribution in [0.3, 0.4) is 0 Å². The van der Waals surface area contributed by atoms with Gasteiger partial charge in [0.25, 0.3) is 5.97 Å². The second-order valence-electron chi connectivity index (χ2n) is 3.70. The standard InChI is InChI=1S/C13H11NO.C2H4O2/c15-14-13(11-7-3-1-4-8-11)12-9-5-2-6-10-12;1-2(3)4/h1-10,15H;1H3,(H,3,4). The lowest BCUT2D eigenvalue weighted by Gasteiger charge is -2.03. The Kier molecular flexibility index (Phi) is 5.82. The van der Waals surface area contributed by atoms with Crippen molar-refractivity contribution in [1.29, 1.82) is 0 Å². The maximum absolute atomic E-state index is 9.02. The van der Waals surface area contributed by atoms with Gasteiger partial charge in [0.15, 0.2) is 0 Å². The number of oxime groups is 1. The average molecular weight is 257 g/mol. The van der Waals surface area contributed by atoms with E-state index in [1.165, 1.54) is 0 Å². The molecule has 0 aromatic heterocycles. The van der Waals surface area contributed by atoms with Gasteiger partial charge in [0, 0.05) is 18.1 Å². The van der Waals surface area contributed by atoms with Gasteiger partial charge in [-0.15, -0.1) is 0 Å². The molecule has 0 heterocycles. The number of carboxylic acids is 1. The van der Waals surface area contributed by atoms with Crippen molar-refractivity contribution in [2.75, 3.05) is 0 Å². The van der Waals surface area contributed by atoms with Gasteiger partial charge < -0.3 is 10.3 Å². The summed E-state index contributed by atoms with van der Waals surface area (Å²) >= 11 is 0. The molecule has 0 fully saturated rings. The van der Waals surface area contributed by atoms with Crippen LogP contribution in [0.5, 0.6) is 0 Å². The fraction of sp³-hybridized carbons (Fsp3) is 0.0667. The van der Waals surface area contributed by atoms with Crippen molar-refractivity contribution in [3.05, 3.63) is 71.8 Å². The van der Waals surface area contributed by atoms with Crippen LogP contribution < -0.4 is 0 Å². The highest BCUT2D eigenvalue weighted by atomic mass is 16.4. The fourth-order valence-electron chi connectivity index (χ4n) is 1.47. The Morgan fingerprint density at radius 1 is 0.895 bits per heavy atom. The first kappa shape index (κ1) is 14.4. The molecule has 0 aliphatic carbocycles. The number of nitrogens with zero attached hydrogens (tertiary/aromatic N) is 1. The maximum Gasteiger partial charge on any atom is 0.300 e. The van der Waals surface area contributed by atoms with Gasteiger partial charge in [-0.3, -0.25) is 4.79 Å². The SMILES string of the molecule is CC(=O)O.ON=C(c1ccccc1)c1ccccc1. The van der Waals surface area contributed by atoms with Crippen molar-refractivity contribution in [3.63, 3.8) is 0 Å². The summed E-state index contributed by atoms with van der Waals surface area (Å²) in [5.41, 5.74) is 2.41. The molecule has 2 rings (SSSR count). The zero-order chi connectivity index (χ0) is 14.1. The van der Waals surface area contributed by atoms with Crippen LogP contribution in [0.2, 0.25) is 0 Å². The van der Waals surface area contributed by atoms with Gasteiger partial charge in [-0.25, -0.2) is 0 Å². The molecule has 4 nitrogen and oxygen atoms in total. The first-order chi connectivity index (χ1) is 9.15. The molecule has 0 radical (unpaired) electrons. The van der Waals surface area contributed by atoms with E-state index >= 15 is 0 Å². The van der Waals surface area contributed by atoms with Crippen LogP contribution in [0.4, 0.5) is 0 Å². The van der Waals surface area contributed by atoms with E-state index in [1.54, 1.807) is 0 Å². The second kappa shape index (κ2) is 7.66. The normalized spacial score (nSPS) is 8.89. The van der Waals surface area contributed by atoms with Crippen molar-refractivity contribution >= 4 is 11.7 Å². The predicted octanol–water partition coefficient (Wildman–Crippen LogP) is 3.00. The number of hydrogen-bond acceptors (Lipinski definition) is 3. The molecular weight excluding hydrogens is 242 g/mol. The maximum atomic E-state index is 9.02. The molecule has 0 amide bonds. The van der Waals surface area contributed by atoms with Crippen LogP contribution >= 0.6 is 0 Å². The number of hydrogen-bond donors (Lipinski definition) is 2. The van der Waals surface area contributed by atoms with Crippen LogP contribution in [0.1, 0.15) is 18.1 Å². The number of rotatable bonds is 2. The highest BCUT2D eigenvalue weighted by Crippen LogP contribution is 2.09. The minimum Gasteiger partial charge on any atom is -0.481 e. The molecule has 0 saturated heterocycles. The molecule has 2 N–H and O–H groups in total. The third-order valence-corrected chi connectivity index (χ3v) is 2.19. The van der Waals surface area contributed by atoms with E-state index in [2.05, 4.69) is 5.16 Å². The summed E-state index contributed by atoms with van der Waals surface area (Å²) in [5.74, 6) is -0.833. The van der Waals surface area contributed by atoms with Crippen LogP contribution in [-0.2, 0) is 4.79 Å². The van der Waals surface area contributed by atoms with Crippen molar-refractivity contribution in [2.45, 2.75) is 6.92 Å². The van der Waals surface area contributed by atoms with Crippen LogP contribution in [0.25, 0.3) is 0 Å². The van der Waals surface area contributed by atoms with E-state index in [0.29, 0.717) is 5.71 Å². The lowest BCUT2D eigenvalue weighted by molar-refractivity contribution is -0.134. The highest BCUT2D eigenvalue weighted by molar-refractivity contribution is 6.12. The lowest BCUT2D eigenvalue weighted by Crippen LogP contribution is -2.02. The summed E-state index contributed by atoms with van der Waals surface area (Å²) in [5, 5.41) is 19.8. The Bertz CT molecular complexity index is 490. The van der Waals surface area contributed by atoms with Crippen molar-refractivity contribution in [3.8, 4) is 0 Å². The summed E-state index contributed by atoms with van der Waals surface area (Å²) in [6, 6.07) is 19.2. The summed E-state index contributed by atoms with van der Waals surface area (Å²) in [6.07, 6.45) is 0. The van der Waals surface area contributed by atoms with Crippen LogP contribution in [0.15, 0.2) is 65.8 Å². The third-order valence-electron chi connectivity index (χ3n) is 2.19. The van der Waals surface area contributed by atoms with Gasteiger partial charge in [0.05, 0.1) is 0 Å². The van der Waals surface area contributed by atoms with E-state index in [9.17, 15) is 0 Å². The highest BCUT2D eigenvalue weighted by Gasteiger charge is 2.05. The number of aliphatic carboxylic acids is 1. The molecule has 0 aliphatic heterocycles.